The summed E-state index contributed by atoms with van der Waals surface area (Å²) in [5.74, 6) is 0. The molecule has 106 valence electrons. The molecule has 1 unspecified atom stereocenters. The predicted octanol–water partition coefficient (Wildman–Crippen LogP) is 4.25. The average Bonchev–Trinajstić information content (AvgIpc) is 2.53. The number of aliphatic hydroxyl groups excluding tert-OH is 1. The van der Waals surface area contributed by atoms with Gasteiger partial charge in [-0.1, -0.05) is 42.5 Å². The van der Waals surface area contributed by atoms with Crippen molar-refractivity contribution in [3.8, 4) is 0 Å². The van der Waals surface area contributed by atoms with Crippen molar-refractivity contribution in [2.45, 2.75) is 12.5 Å². The van der Waals surface area contributed by atoms with Gasteiger partial charge in [0.25, 0.3) is 6.43 Å². The molecule has 0 saturated carbocycles. The lowest BCUT2D eigenvalue weighted by atomic mass is 9.97. The highest BCUT2D eigenvalue weighted by Gasteiger charge is 2.16. The number of alkyl halides is 2. The standard InChI is InChI=1S/C17H13F2NO/c18-17(19)12-6-3-5-11(8-12)16(21)15-10-20-9-13-4-1-2-7-14(13)15/h1-10,16-17,21H. The van der Waals surface area contributed by atoms with Crippen LogP contribution in [0.3, 0.4) is 0 Å². The van der Waals surface area contributed by atoms with Crippen LogP contribution in [0.5, 0.6) is 0 Å². The predicted molar refractivity (Wildman–Crippen MR) is 77.2 cm³/mol. The summed E-state index contributed by atoms with van der Waals surface area (Å²) in [6.45, 7) is 0. The van der Waals surface area contributed by atoms with Crippen molar-refractivity contribution in [2.75, 3.05) is 0 Å². The Morgan fingerprint density at radius 1 is 0.905 bits per heavy atom. The van der Waals surface area contributed by atoms with Gasteiger partial charge in [0.05, 0.1) is 0 Å². The summed E-state index contributed by atoms with van der Waals surface area (Å²) in [5, 5.41) is 12.3. The minimum atomic E-state index is -2.55. The van der Waals surface area contributed by atoms with Gasteiger partial charge in [-0.3, -0.25) is 4.98 Å². The van der Waals surface area contributed by atoms with Gasteiger partial charge in [0.15, 0.2) is 0 Å². The molecule has 0 radical (unpaired) electrons. The second-order valence-electron chi connectivity index (χ2n) is 4.82. The van der Waals surface area contributed by atoms with Gasteiger partial charge in [-0.25, -0.2) is 8.78 Å². The molecule has 0 fully saturated rings. The lowest BCUT2D eigenvalue weighted by Gasteiger charge is -2.14. The fraction of sp³-hybridized carbons (Fsp3) is 0.118. The highest BCUT2D eigenvalue weighted by Crippen LogP contribution is 2.30. The quantitative estimate of drug-likeness (QED) is 0.780. The van der Waals surface area contributed by atoms with E-state index < -0.39 is 12.5 Å². The largest absolute Gasteiger partial charge is 0.384 e. The van der Waals surface area contributed by atoms with Crippen LogP contribution in [0.1, 0.15) is 29.2 Å². The molecule has 0 spiro atoms. The first-order chi connectivity index (χ1) is 10.2. The van der Waals surface area contributed by atoms with Crippen molar-refractivity contribution in [2.24, 2.45) is 0 Å². The topological polar surface area (TPSA) is 33.1 Å². The molecule has 3 rings (SSSR count). The molecule has 0 aliphatic rings. The van der Waals surface area contributed by atoms with Crippen LogP contribution in [0.25, 0.3) is 10.8 Å². The van der Waals surface area contributed by atoms with Crippen LogP contribution in [0, 0.1) is 0 Å². The fourth-order valence-corrected chi connectivity index (χ4v) is 2.40. The van der Waals surface area contributed by atoms with Gasteiger partial charge >= 0.3 is 0 Å². The van der Waals surface area contributed by atoms with Gasteiger partial charge in [0.2, 0.25) is 0 Å². The number of pyridine rings is 1. The zero-order valence-electron chi connectivity index (χ0n) is 11.1. The molecule has 21 heavy (non-hydrogen) atoms. The monoisotopic (exact) mass is 285 g/mol. The maximum Gasteiger partial charge on any atom is 0.263 e. The Kier molecular flexibility index (Phi) is 3.62. The van der Waals surface area contributed by atoms with Crippen LogP contribution >= 0.6 is 0 Å². The molecule has 3 aromatic rings. The lowest BCUT2D eigenvalue weighted by Crippen LogP contribution is -2.02. The van der Waals surface area contributed by atoms with E-state index in [-0.39, 0.29) is 5.56 Å². The third-order valence-electron chi connectivity index (χ3n) is 3.47. The minimum absolute atomic E-state index is 0.0975. The molecule has 1 N–H and O–H groups in total. The summed E-state index contributed by atoms with van der Waals surface area (Å²) < 4.78 is 25.5. The molecule has 0 bridgehead atoms. The molecule has 4 heteroatoms. The Labute approximate surface area is 120 Å². The van der Waals surface area contributed by atoms with E-state index in [0.717, 1.165) is 10.8 Å². The van der Waals surface area contributed by atoms with E-state index in [0.29, 0.717) is 11.1 Å². The van der Waals surface area contributed by atoms with Crippen molar-refractivity contribution < 1.29 is 13.9 Å². The molecule has 0 amide bonds. The summed E-state index contributed by atoms with van der Waals surface area (Å²) in [4.78, 5) is 4.11. The molecule has 0 aliphatic heterocycles. The number of aliphatic hydroxyl groups is 1. The zero-order valence-corrected chi connectivity index (χ0v) is 11.1. The van der Waals surface area contributed by atoms with E-state index in [1.165, 1.54) is 18.2 Å². The first-order valence-corrected chi connectivity index (χ1v) is 6.55. The van der Waals surface area contributed by atoms with Crippen molar-refractivity contribution in [3.63, 3.8) is 0 Å². The molecule has 1 aromatic heterocycles. The van der Waals surface area contributed by atoms with Crippen LogP contribution in [-0.4, -0.2) is 10.1 Å². The maximum atomic E-state index is 12.8. The Bertz CT molecular complexity index is 768. The average molecular weight is 285 g/mol. The molecule has 0 aliphatic carbocycles. The van der Waals surface area contributed by atoms with Gasteiger partial charge in [0.1, 0.15) is 6.10 Å². The Morgan fingerprint density at radius 3 is 2.48 bits per heavy atom. The van der Waals surface area contributed by atoms with Crippen molar-refractivity contribution >= 4 is 10.8 Å². The first kappa shape index (κ1) is 13.6. The molecular weight excluding hydrogens is 272 g/mol. The van der Waals surface area contributed by atoms with E-state index in [9.17, 15) is 13.9 Å². The van der Waals surface area contributed by atoms with Gasteiger partial charge in [0, 0.05) is 28.9 Å². The van der Waals surface area contributed by atoms with Crippen molar-refractivity contribution in [1.29, 1.82) is 0 Å². The number of aromatic nitrogens is 1. The highest BCUT2D eigenvalue weighted by molar-refractivity contribution is 5.85. The third-order valence-corrected chi connectivity index (χ3v) is 3.47. The summed E-state index contributed by atoms with van der Waals surface area (Å²) in [7, 11) is 0. The molecule has 0 saturated heterocycles. The Hall–Kier alpha value is -2.33. The van der Waals surface area contributed by atoms with Crippen molar-refractivity contribution in [1.82, 2.24) is 4.98 Å². The number of nitrogens with zero attached hydrogens (tertiary/aromatic N) is 1. The summed E-state index contributed by atoms with van der Waals surface area (Å²) in [6.07, 6.45) is -0.256. The van der Waals surface area contributed by atoms with Crippen LogP contribution in [0.2, 0.25) is 0 Å². The number of rotatable bonds is 3. The lowest BCUT2D eigenvalue weighted by molar-refractivity contribution is 0.150. The van der Waals surface area contributed by atoms with E-state index in [4.69, 9.17) is 0 Å². The second-order valence-corrected chi connectivity index (χ2v) is 4.82. The normalized spacial score (nSPS) is 12.8. The van der Waals surface area contributed by atoms with E-state index >= 15 is 0 Å². The molecular formula is C17H13F2NO. The van der Waals surface area contributed by atoms with Gasteiger partial charge < -0.3 is 5.11 Å². The molecule has 1 heterocycles. The van der Waals surface area contributed by atoms with Crippen LogP contribution in [-0.2, 0) is 0 Å². The SMILES string of the molecule is OC(c1cccc(C(F)F)c1)c1cncc2ccccc12. The maximum absolute atomic E-state index is 12.8. The third kappa shape index (κ3) is 2.62. The zero-order chi connectivity index (χ0) is 14.8. The smallest absolute Gasteiger partial charge is 0.263 e. The molecule has 2 nitrogen and oxygen atoms in total. The first-order valence-electron chi connectivity index (χ1n) is 6.55. The van der Waals surface area contributed by atoms with Crippen LogP contribution in [0.15, 0.2) is 60.9 Å². The Morgan fingerprint density at radius 2 is 1.67 bits per heavy atom. The van der Waals surface area contributed by atoms with E-state index in [2.05, 4.69) is 4.98 Å². The van der Waals surface area contributed by atoms with Gasteiger partial charge in [-0.2, -0.15) is 0 Å². The second kappa shape index (κ2) is 5.58. The number of benzene rings is 2. The molecule has 2 aromatic carbocycles. The summed E-state index contributed by atoms with van der Waals surface area (Å²) in [5.41, 5.74) is 0.949. The van der Waals surface area contributed by atoms with Gasteiger partial charge in [-0.15, -0.1) is 0 Å². The van der Waals surface area contributed by atoms with Crippen LogP contribution < -0.4 is 0 Å². The molecule has 1 atom stereocenters. The Balaban J connectivity index is 2.08. The fourth-order valence-electron chi connectivity index (χ4n) is 2.40. The number of hydrogen-bond acceptors (Lipinski definition) is 2. The minimum Gasteiger partial charge on any atom is -0.384 e. The number of halogens is 2. The van der Waals surface area contributed by atoms with E-state index in [1.807, 2.05) is 24.3 Å². The van der Waals surface area contributed by atoms with E-state index in [1.54, 1.807) is 18.5 Å². The number of hydrogen-bond donors (Lipinski definition) is 1. The summed E-state index contributed by atoms with van der Waals surface area (Å²) in [6, 6.07) is 13.4. The van der Waals surface area contributed by atoms with Crippen molar-refractivity contribution in [3.05, 3.63) is 77.6 Å². The van der Waals surface area contributed by atoms with Gasteiger partial charge in [-0.05, 0) is 17.0 Å². The highest BCUT2D eigenvalue weighted by atomic mass is 19.3. The van der Waals surface area contributed by atoms with Crippen LogP contribution in [0.4, 0.5) is 8.78 Å². The summed E-state index contributed by atoms with van der Waals surface area (Å²) >= 11 is 0. The number of fused-ring (bicyclic) bond motifs is 1.